The lowest BCUT2D eigenvalue weighted by Gasteiger charge is -2.14. The van der Waals surface area contributed by atoms with E-state index in [9.17, 15) is 4.79 Å². The lowest BCUT2D eigenvalue weighted by Crippen LogP contribution is -2.34. The normalized spacial score (nSPS) is 16.8. The molecule has 0 bridgehead atoms. The van der Waals surface area contributed by atoms with E-state index in [1.807, 2.05) is 0 Å². The van der Waals surface area contributed by atoms with E-state index in [1.165, 1.54) is 0 Å². The van der Waals surface area contributed by atoms with E-state index in [2.05, 4.69) is 24.3 Å². The van der Waals surface area contributed by atoms with E-state index >= 15 is 0 Å². The summed E-state index contributed by atoms with van der Waals surface area (Å²) in [5.41, 5.74) is 0.418. The van der Waals surface area contributed by atoms with Crippen LogP contribution in [0, 0.1) is 0 Å². The van der Waals surface area contributed by atoms with Crippen molar-refractivity contribution >= 4 is 5.91 Å². The molecule has 1 heterocycles. The van der Waals surface area contributed by atoms with Crippen LogP contribution < -0.4 is 5.32 Å². The molecular weight excluding hydrogens is 216 g/mol. The summed E-state index contributed by atoms with van der Waals surface area (Å²) in [6.07, 6.45) is 5.35. The van der Waals surface area contributed by atoms with Crippen LogP contribution in [-0.4, -0.2) is 17.1 Å². The molecule has 1 atom stereocenters. The summed E-state index contributed by atoms with van der Waals surface area (Å²) in [5, 5.41) is 6.83. The van der Waals surface area contributed by atoms with Gasteiger partial charge in [0.25, 0.3) is 5.91 Å². The second-order valence-corrected chi connectivity index (χ2v) is 4.76. The number of aromatic nitrogens is 1. The molecule has 1 saturated carbocycles. The standard InChI is InChI=1S/C13H20N2O2/c1-3-5-10(4-2)14-13(16)11-8-12(17-15-11)9-6-7-9/h8-10H,3-7H2,1-2H3,(H,14,16). The zero-order valence-corrected chi connectivity index (χ0v) is 10.5. The summed E-state index contributed by atoms with van der Waals surface area (Å²) in [7, 11) is 0. The van der Waals surface area contributed by atoms with Crippen LogP contribution in [0.4, 0.5) is 0 Å². The molecule has 1 aromatic heterocycles. The van der Waals surface area contributed by atoms with Crippen molar-refractivity contribution in [2.75, 3.05) is 0 Å². The second-order valence-electron chi connectivity index (χ2n) is 4.76. The van der Waals surface area contributed by atoms with Crippen LogP contribution in [0.5, 0.6) is 0 Å². The average Bonchev–Trinajstić information content (AvgIpc) is 3.06. The first kappa shape index (κ1) is 12.1. The van der Waals surface area contributed by atoms with Crippen LogP contribution in [0.3, 0.4) is 0 Å². The summed E-state index contributed by atoms with van der Waals surface area (Å²) < 4.78 is 5.17. The van der Waals surface area contributed by atoms with Gasteiger partial charge in [-0.05, 0) is 25.7 Å². The number of hydrogen-bond donors (Lipinski definition) is 1. The summed E-state index contributed by atoms with van der Waals surface area (Å²) in [6.45, 7) is 4.20. The maximum atomic E-state index is 11.9. The first-order valence-corrected chi connectivity index (χ1v) is 6.52. The smallest absolute Gasteiger partial charge is 0.273 e. The fraction of sp³-hybridized carbons (Fsp3) is 0.692. The van der Waals surface area contributed by atoms with Crippen molar-refractivity contribution < 1.29 is 9.32 Å². The predicted octanol–water partition coefficient (Wildman–Crippen LogP) is 2.86. The number of carbonyl (C=O) groups is 1. The molecule has 0 saturated heterocycles. The number of hydrogen-bond acceptors (Lipinski definition) is 3. The molecule has 1 amide bonds. The summed E-state index contributed by atoms with van der Waals surface area (Å²) in [6, 6.07) is 2.03. The Bertz CT molecular complexity index is 383. The lowest BCUT2D eigenvalue weighted by atomic mass is 10.1. The molecule has 1 aliphatic rings. The molecule has 1 aromatic rings. The SMILES string of the molecule is CCCC(CC)NC(=O)c1cc(C2CC2)on1. The van der Waals surface area contributed by atoms with Gasteiger partial charge in [-0.25, -0.2) is 0 Å². The van der Waals surface area contributed by atoms with Crippen molar-refractivity contribution in [1.82, 2.24) is 10.5 Å². The molecule has 0 aromatic carbocycles. The monoisotopic (exact) mass is 236 g/mol. The third kappa shape index (κ3) is 3.08. The van der Waals surface area contributed by atoms with Gasteiger partial charge in [-0.3, -0.25) is 4.79 Å². The molecule has 0 radical (unpaired) electrons. The molecular formula is C13H20N2O2. The molecule has 2 rings (SSSR count). The third-order valence-electron chi connectivity index (χ3n) is 3.21. The van der Waals surface area contributed by atoms with Crippen LogP contribution in [-0.2, 0) is 0 Å². The highest BCUT2D eigenvalue weighted by Crippen LogP contribution is 2.40. The summed E-state index contributed by atoms with van der Waals surface area (Å²) in [4.78, 5) is 11.9. The van der Waals surface area contributed by atoms with Crippen LogP contribution in [0.15, 0.2) is 10.6 Å². The number of nitrogens with one attached hydrogen (secondary N) is 1. The molecule has 4 heteroatoms. The second kappa shape index (κ2) is 5.34. The number of carbonyl (C=O) groups excluding carboxylic acids is 1. The third-order valence-corrected chi connectivity index (χ3v) is 3.21. The van der Waals surface area contributed by atoms with Crippen molar-refractivity contribution in [3.8, 4) is 0 Å². The Kier molecular flexibility index (Phi) is 3.82. The zero-order chi connectivity index (χ0) is 12.3. The van der Waals surface area contributed by atoms with Gasteiger partial charge in [0.05, 0.1) is 0 Å². The van der Waals surface area contributed by atoms with E-state index in [1.54, 1.807) is 6.07 Å². The van der Waals surface area contributed by atoms with Gasteiger partial charge in [0.15, 0.2) is 5.69 Å². The predicted molar refractivity (Wildman–Crippen MR) is 64.9 cm³/mol. The van der Waals surface area contributed by atoms with Gasteiger partial charge in [0.2, 0.25) is 0 Å². The van der Waals surface area contributed by atoms with Gasteiger partial charge in [0.1, 0.15) is 5.76 Å². The molecule has 94 valence electrons. The number of rotatable bonds is 6. The fourth-order valence-electron chi connectivity index (χ4n) is 1.94. The first-order chi connectivity index (χ1) is 8.24. The summed E-state index contributed by atoms with van der Waals surface area (Å²) >= 11 is 0. The van der Waals surface area contributed by atoms with Gasteiger partial charge in [-0.15, -0.1) is 0 Å². The highest BCUT2D eigenvalue weighted by atomic mass is 16.5. The van der Waals surface area contributed by atoms with Gasteiger partial charge >= 0.3 is 0 Å². The molecule has 1 fully saturated rings. The van der Waals surface area contributed by atoms with E-state index in [-0.39, 0.29) is 11.9 Å². The van der Waals surface area contributed by atoms with Gasteiger partial charge < -0.3 is 9.84 Å². The minimum atomic E-state index is -0.110. The van der Waals surface area contributed by atoms with Crippen LogP contribution in [0.25, 0.3) is 0 Å². The Morgan fingerprint density at radius 2 is 2.35 bits per heavy atom. The first-order valence-electron chi connectivity index (χ1n) is 6.52. The minimum Gasteiger partial charge on any atom is -0.360 e. The van der Waals surface area contributed by atoms with Crippen molar-refractivity contribution in [2.24, 2.45) is 0 Å². The average molecular weight is 236 g/mol. The van der Waals surface area contributed by atoms with Gasteiger partial charge in [-0.1, -0.05) is 25.4 Å². The Labute approximate surface area is 102 Å². The zero-order valence-electron chi connectivity index (χ0n) is 10.5. The van der Waals surface area contributed by atoms with Crippen LogP contribution in [0.1, 0.15) is 68.1 Å². The maximum Gasteiger partial charge on any atom is 0.273 e. The van der Waals surface area contributed by atoms with Gasteiger partial charge in [-0.2, -0.15) is 0 Å². The minimum absolute atomic E-state index is 0.110. The largest absolute Gasteiger partial charge is 0.360 e. The fourth-order valence-corrected chi connectivity index (χ4v) is 1.94. The highest BCUT2D eigenvalue weighted by molar-refractivity contribution is 5.92. The van der Waals surface area contributed by atoms with E-state index in [4.69, 9.17) is 4.52 Å². The highest BCUT2D eigenvalue weighted by Gasteiger charge is 2.29. The van der Waals surface area contributed by atoms with Gasteiger partial charge in [0, 0.05) is 18.0 Å². The molecule has 0 spiro atoms. The topological polar surface area (TPSA) is 55.1 Å². The molecule has 0 aliphatic heterocycles. The number of amides is 1. The molecule has 1 unspecified atom stereocenters. The molecule has 1 N–H and O–H groups in total. The Morgan fingerprint density at radius 3 is 2.94 bits per heavy atom. The Morgan fingerprint density at radius 1 is 1.59 bits per heavy atom. The Hall–Kier alpha value is -1.32. The molecule has 17 heavy (non-hydrogen) atoms. The summed E-state index contributed by atoms with van der Waals surface area (Å²) in [5.74, 6) is 1.25. The lowest BCUT2D eigenvalue weighted by molar-refractivity contribution is 0.0924. The maximum absolute atomic E-state index is 11.9. The van der Waals surface area contributed by atoms with Crippen molar-refractivity contribution in [3.05, 3.63) is 17.5 Å². The van der Waals surface area contributed by atoms with Crippen molar-refractivity contribution in [3.63, 3.8) is 0 Å². The van der Waals surface area contributed by atoms with Crippen molar-refractivity contribution in [2.45, 2.75) is 57.9 Å². The van der Waals surface area contributed by atoms with Crippen LogP contribution >= 0.6 is 0 Å². The number of nitrogens with zero attached hydrogens (tertiary/aromatic N) is 1. The van der Waals surface area contributed by atoms with E-state index in [0.29, 0.717) is 11.6 Å². The van der Waals surface area contributed by atoms with E-state index < -0.39 is 0 Å². The molecule has 4 nitrogen and oxygen atoms in total. The van der Waals surface area contributed by atoms with Crippen LogP contribution in [0.2, 0.25) is 0 Å². The van der Waals surface area contributed by atoms with E-state index in [0.717, 1.165) is 37.9 Å². The quantitative estimate of drug-likeness (QED) is 0.826. The molecule has 1 aliphatic carbocycles. The van der Waals surface area contributed by atoms with Crippen molar-refractivity contribution in [1.29, 1.82) is 0 Å². The Balaban J connectivity index is 1.93.